The number of rotatable bonds is 8. The van der Waals surface area contributed by atoms with Gasteiger partial charge in [0.25, 0.3) is 0 Å². The SMILES string of the molecule is CCNC(=NCc1ccc(OCc2ccccc2)cc1)NCC(=O)N1CCCC1. The Kier molecular flexibility index (Phi) is 7.92. The van der Waals surface area contributed by atoms with E-state index >= 15 is 0 Å². The van der Waals surface area contributed by atoms with Crippen LogP contribution in [0, 0.1) is 0 Å². The molecule has 6 heteroatoms. The smallest absolute Gasteiger partial charge is 0.241 e. The van der Waals surface area contributed by atoms with Crippen LogP contribution in [-0.4, -0.2) is 42.9 Å². The van der Waals surface area contributed by atoms with Crippen molar-refractivity contribution < 1.29 is 9.53 Å². The second-order valence-corrected chi connectivity index (χ2v) is 7.05. The molecule has 0 bridgehead atoms. The molecule has 1 amide bonds. The largest absolute Gasteiger partial charge is 0.489 e. The predicted octanol–water partition coefficient (Wildman–Crippen LogP) is 2.94. The zero-order chi connectivity index (χ0) is 20.3. The van der Waals surface area contributed by atoms with Crippen molar-refractivity contribution in [2.45, 2.75) is 32.9 Å². The minimum absolute atomic E-state index is 0.132. The number of ether oxygens (including phenoxy) is 1. The highest BCUT2D eigenvalue weighted by atomic mass is 16.5. The summed E-state index contributed by atoms with van der Waals surface area (Å²) in [5, 5.41) is 6.33. The van der Waals surface area contributed by atoms with Crippen molar-refractivity contribution in [1.29, 1.82) is 0 Å². The number of nitrogens with zero attached hydrogens (tertiary/aromatic N) is 2. The van der Waals surface area contributed by atoms with Gasteiger partial charge in [-0.2, -0.15) is 0 Å². The van der Waals surface area contributed by atoms with Gasteiger partial charge in [0.1, 0.15) is 12.4 Å². The van der Waals surface area contributed by atoms with Gasteiger partial charge in [0.15, 0.2) is 5.96 Å². The van der Waals surface area contributed by atoms with Crippen LogP contribution in [0.4, 0.5) is 0 Å². The second kappa shape index (κ2) is 11.1. The van der Waals surface area contributed by atoms with Gasteiger partial charge >= 0.3 is 0 Å². The molecule has 1 fully saturated rings. The highest BCUT2D eigenvalue weighted by Crippen LogP contribution is 2.15. The molecule has 0 radical (unpaired) electrons. The summed E-state index contributed by atoms with van der Waals surface area (Å²) in [4.78, 5) is 18.7. The molecule has 0 spiro atoms. The summed E-state index contributed by atoms with van der Waals surface area (Å²) in [6.45, 7) is 5.86. The zero-order valence-corrected chi connectivity index (χ0v) is 17.1. The fraction of sp³-hybridized carbons (Fsp3) is 0.391. The van der Waals surface area contributed by atoms with Gasteiger partial charge in [0, 0.05) is 19.6 Å². The standard InChI is InChI=1S/C23H30N4O2/c1-2-24-23(26-17-22(28)27-14-6-7-15-27)25-16-19-10-12-21(13-11-19)29-18-20-8-4-3-5-9-20/h3-5,8-13H,2,6-7,14-18H2,1H3,(H2,24,25,26). The summed E-state index contributed by atoms with van der Waals surface area (Å²) in [5.74, 6) is 1.63. The van der Waals surface area contributed by atoms with Crippen LogP contribution in [0.1, 0.15) is 30.9 Å². The predicted molar refractivity (Wildman–Crippen MR) is 116 cm³/mol. The number of benzene rings is 2. The molecule has 3 rings (SSSR count). The van der Waals surface area contributed by atoms with E-state index in [1.807, 2.05) is 66.4 Å². The highest BCUT2D eigenvalue weighted by Gasteiger charge is 2.17. The molecule has 1 aliphatic rings. The quantitative estimate of drug-likeness (QED) is 0.534. The molecule has 0 atom stereocenters. The van der Waals surface area contributed by atoms with Crippen molar-refractivity contribution in [3.05, 3.63) is 65.7 Å². The van der Waals surface area contributed by atoms with E-state index in [2.05, 4.69) is 15.6 Å². The Balaban J connectivity index is 1.48. The van der Waals surface area contributed by atoms with E-state index in [1.165, 1.54) is 0 Å². The summed E-state index contributed by atoms with van der Waals surface area (Å²) >= 11 is 0. The Hall–Kier alpha value is -3.02. The van der Waals surface area contributed by atoms with E-state index in [0.717, 1.165) is 49.4 Å². The van der Waals surface area contributed by atoms with Crippen LogP contribution in [0.3, 0.4) is 0 Å². The van der Waals surface area contributed by atoms with E-state index in [9.17, 15) is 4.79 Å². The van der Waals surface area contributed by atoms with E-state index in [0.29, 0.717) is 19.1 Å². The number of aliphatic imine (C=N–C) groups is 1. The Morgan fingerprint density at radius 1 is 1.00 bits per heavy atom. The Morgan fingerprint density at radius 2 is 1.72 bits per heavy atom. The molecule has 6 nitrogen and oxygen atoms in total. The first-order chi connectivity index (χ1) is 14.2. The van der Waals surface area contributed by atoms with Gasteiger partial charge in [0.05, 0.1) is 13.1 Å². The molecule has 2 N–H and O–H groups in total. The molecule has 0 unspecified atom stereocenters. The van der Waals surface area contributed by atoms with Crippen molar-refractivity contribution in [1.82, 2.24) is 15.5 Å². The molecular weight excluding hydrogens is 364 g/mol. The van der Waals surface area contributed by atoms with E-state index in [1.54, 1.807) is 0 Å². The summed E-state index contributed by atoms with van der Waals surface area (Å²) in [6.07, 6.45) is 2.20. The van der Waals surface area contributed by atoms with Crippen molar-refractivity contribution in [2.24, 2.45) is 4.99 Å². The van der Waals surface area contributed by atoms with Gasteiger partial charge in [-0.25, -0.2) is 4.99 Å². The third-order valence-corrected chi connectivity index (χ3v) is 4.80. The lowest BCUT2D eigenvalue weighted by molar-refractivity contribution is -0.128. The molecule has 2 aromatic carbocycles. The summed E-state index contributed by atoms with van der Waals surface area (Å²) in [5.41, 5.74) is 2.23. The van der Waals surface area contributed by atoms with E-state index in [-0.39, 0.29) is 12.5 Å². The fourth-order valence-corrected chi connectivity index (χ4v) is 3.18. The number of hydrogen-bond acceptors (Lipinski definition) is 3. The molecule has 29 heavy (non-hydrogen) atoms. The van der Waals surface area contributed by atoms with E-state index in [4.69, 9.17) is 4.74 Å². The minimum Gasteiger partial charge on any atom is -0.489 e. The number of guanidine groups is 1. The lowest BCUT2D eigenvalue weighted by Crippen LogP contribution is -2.44. The van der Waals surface area contributed by atoms with Crippen molar-refractivity contribution in [3.8, 4) is 5.75 Å². The maximum absolute atomic E-state index is 12.2. The minimum atomic E-state index is 0.132. The number of hydrogen-bond donors (Lipinski definition) is 2. The third-order valence-electron chi connectivity index (χ3n) is 4.80. The Morgan fingerprint density at radius 3 is 2.41 bits per heavy atom. The lowest BCUT2D eigenvalue weighted by atomic mass is 10.2. The summed E-state index contributed by atoms with van der Waals surface area (Å²) < 4.78 is 5.82. The lowest BCUT2D eigenvalue weighted by Gasteiger charge is -2.17. The Labute approximate surface area is 173 Å². The first-order valence-corrected chi connectivity index (χ1v) is 10.3. The number of likely N-dealkylation sites (tertiary alicyclic amines) is 1. The maximum Gasteiger partial charge on any atom is 0.241 e. The first kappa shape index (κ1) is 20.7. The van der Waals surface area contributed by atoms with Crippen LogP contribution < -0.4 is 15.4 Å². The number of carbonyl (C=O) groups excluding carboxylic acids is 1. The van der Waals surface area contributed by atoms with Gasteiger partial charge in [-0.05, 0) is 43.0 Å². The van der Waals surface area contributed by atoms with Crippen LogP contribution in [0.15, 0.2) is 59.6 Å². The average Bonchev–Trinajstić information content (AvgIpc) is 3.30. The van der Waals surface area contributed by atoms with Crippen LogP contribution in [0.2, 0.25) is 0 Å². The average molecular weight is 395 g/mol. The normalized spacial score (nSPS) is 14.0. The molecular formula is C23H30N4O2. The van der Waals surface area contributed by atoms with Crippen molar-refractivity contribution in [3.63, 3.8) is 0 Å². The van der Waals surface area contributed by atoms with Gasteiger partial charge in [-0.1, -0.05) is 42.5 Å². The zero-order valence-electron chi connectivity index (χ0n) is 17.1. The van der Waals surface area contributed by atoms with Crippen LogP contribution in [-0.2, 0) is 17.9 Å². The fourth-order valence-electron chi connectivity index (χ4n) is 3.18. The molecule has 0 saturated carbocycles. The van der Waals surface area contributed by atoms with Gasteiger partial charge in [-0.15, -0.1) is 0 Å². The molecule has 2 aromatic rings. The highest BCUT2D eigenvalue weighted by molar-refractivity contribution is 5.86. The van der Waals surface area contributed by atoms with Crippen molar-refractivity contribution in [2.75, 3.05) is 26.2 Å². The van der Waals surface area contributed by atoms with E-state index < -0.39 is 0 Å². The maximum atomic E-state index is 12.2. The summed E-state index contributed by atoms with van der Waals surface area (Å²) in [6, 6.07) is 18.1. The topological polar surface area (TPSA) is 66.0 Å². The number of nitrogens with one attached hydrogen (secondary N) is 2. The molecule has 1 saturated heterocycles. The van der Waals surface area contributed by atoms with Gasteiger partial charge in [0.2, 0.25) is 5.91 Å². The van der Waals surface area contributed by atoms with Crippen LogP contribution in [0.5, 0.6) is 5.75 Å². The third kappa shape index (κ3) is 6.82. The second-order valence-electron chi connectivity index (χ2n) is 7.05. The number of amides is 1. The molecule has 154 valence electrons. The molecule has 1 aliphatic heterocycles. The first-order valence-electron chi connectivity index (χ1n) is 10.3. The van der Waals surface area contributed by atoms with Crippen molar-refractivity contribution >= 4 is 11.9 Å². The van der Waals surface area contributed by atoms with Gasteiger partial charge < -0.3 is 20.3 Å². The number of carbonyl (C=O) groups is 1. The molecule has 0 aliphatic carbocycles. The molecule has 1 heterocycles. The van der Waals surface area contributed by atoms with Crippen LogP contribution >= 0.6 is 0 Å². The monoisotopic (exact) mass is 394 g/mol. The Bertz CT molecular complexity index is 784. The van der Waals surface area contributed by atoms with Gasteiger partial charge in [-0.3, -0.25) is 4.79 Å². The van der Waals surface area contributed by atoms with Crippen LogP contribution in [0.25, 0.3) is 0 Å². The summed E-state index contributed by atoms with van der Waals surface area (Å²) in [7, 11) is 0. The molecule has 0 aromatic heterocycles.